The molecule has 1 fully saturated rings. The number of piperazine rings is 1. The fraction of sp³-hybridized carbons (Fsp3) is 0.588. The maximum atomic E-state index is 11.7. The van der Waals surface area contributed by atoms with E-state index in [-0.39, 0.29) is 24.7 Å². The highest BCUT2D eigenvalue weighted by molar-refractivity contribution is 5.74. The van der Waals surface area contributed by atoms with Crippen molar-refractivity contribution in [3.63, 3.8) is 0 Å². The number of para-hydroxylation sites is 1. The average Bonchev–Trinajstić information content (AvgIpc) is 2.56. The molecule has 1 aliphatic rings. The van der Waals surface area contributed by atoms with Crippen LogP contribution in [-0.4, -0.2) is 67.5 Å². The van der Waals surface area contributed by atoms with Gasteiger partial charge in [-0.15, -0.1) is 0 Å². The summed E-state index contributed by atoms with van der Waals surface area (Å²) in [5, 5.41) is 14.6. The number of hydrogen-bond donors (Lipinski definition) is 3. The van der Waals surface area contributed by atoms with E-state index in [1.165, 1.54) is 5.69 Å². The van der Waals surface area contributed by atoms with Crippen molar-refractivity contribution in [3.8, 4) is 0 Å². The van der Waals surface area contributed by atoms with Gasteiger partial charge in [-0.3, -0.25) is 4.90 Å². The molecular weight excluding hydrogens is 292 g/mol. The van der Waals surface area contributed by atoms with Gasteiger partial charge in [0, 0.05) is 44.5 Å². The summed E-state index contributed by atoms with van der Waals surface area (Å²) < 4.78 is 0. The smallest absolute Gasteiger partial charge is 0.315 e. The SMILES string of the molecule is CC(CO)NC(=O)NC(C)CN1CCN(c2ccccc2)CC1. The van der Waals surface area contributed by atoms with Crippen LogP contribution < -0.4 is 15.5 Å². The molecule has 1 aromatic rings. The molecule has 6 nitrogen and oxygen atoms in total. The highest BCUT2D eigenvalue weighted by Gasteiger charge is 2.19. The van der Waals surface area contributed by atoms with Gasteiger partial charge < -0.3 is 20.6 Å². The number of anilines is 1. The molecule has 128 valence electrons. The molecule has 2 amide bonds. The molecule has 1 aliphatic heterocycles. The first-order chi connectivity index (χ1) is 11.1. The first-order valence-corrected chi connectivity index (χ1v) is 8.28. The van der Waals surface area contributed by atoms with Gasteiger partial charge in [0.1, 0.15) is 0 Å². The van der Waals surface area contributed by atoms with E-state index in [1.807, 2.05) is 13.0 Å². The Morgan fingerprint density at radius 3 is 2.30 bits per heavy atom. The summed E-state index contributed by atoms with van der Waals surface area (Å²) in [6.45, 7) is 8.56. The highest BCUT2D eigenvalue weighted by Crippen LogP contribution is 2.15. The number of urea groups is 1. The van der Waals surface area contributed by atoms with Crippen molar-refractivity contribution in [2.24, 2.45) is 0 Å². The van der Waals surface area contributed by atoms with Crippen LogP contribution in [-0.2, 0) is 0 Å². The summed E-state index contributed by atoms with van der Waals surface area (Å²) in [4.78, 5) is 16.5. The summed E-state index contributed by atoms with van der Waals surface area (Å²) in [5.74, 6) is 0. The molecule has 6 heteroatoms. The number of aliphatic hydroxyl groups is 1. The summed E-state index contributed by atoms with van der Waals surface area (Å²) in [5.41, 5.74) is 1.27. The highest BCUT2D eigenvalue weighted by atomic mass is 16.3. The molecule has 1 aromatic carbocycles. The Balaban J connectivity index is 1.70. The standard InChI is InChI=1S/C17H28N4O2/c1-14(18-17(23)19-15(2)13-22)12-20-8-10-21(11-9-20)16-6-4-3-5-7-16/h3-7,14-15,22H,8-13H2,1-2H3,(H2,18,19,23). The summed E-state index contributed by atoms with van der Waals surface area (Å²) in [6, 6.07) is 10.1. The number of nitrogens with one attached hydrogen (secondary N) is 2. The largest absolute Gasteiger partial charge is 0.394 e. The summed E-state index contributed by atoms with van der Waals surface area (Å²) >= 11 is 0. The first kappa shape index (κ1) is 17.6. The number of carbonyl (C=O) groups excluding carboxylic acids is 1. The van der Waals surface area contributed by atoms with E-state index in [4.69, 9.17) is 5.11 Å². The van der Waals surface area contributed by atoms with E-state index in [2.05, 4.69) is 44.7 Å². The van der Waals surface area contributed by atoms with E-state index in [0.29, 0.717) is 0 Å². The maximum Gasteiger partial charge on any atom is 0.315 e. The lowest BCUT2D eigenvalue weighted by atomic mass is 10.2. The third kappa shape index (κ3) is 5.73. The van der Waals surface area contributed by atoms with E-state index in [0.717, 1.165) is 32.7 Å². The van der Waals surface area contributed by atoms with Gasteiger partial charge >= 0.3 is 6.03 Å². The van der Waals surface area contributed by atoms with Crippen molar-refractivity contribution in [2.45, 2.75) is 25.9 Å². The Labute approximate surface area is 138 Å². The second-order valence-corrected chi connectivity index (χ2v) is 6.23. The maximum absolute atomic E-state index is 11.7. The zero-order valence-electron chi connectivity index (χ0n) is 14.0. The quantitative estimate of drug-likeness (QED) is 0.728. The van der Waals surface area contributed by atoms with Crippen molar-refractivity contribution in [1.82, 2.24) is 15.5 Å². The Hall–Kier alpha value is -1.79. The molecule has 0 bridgehead atoms. The number of carbonyl (C=O) groups is 1. The van der Waals surface area contributed by atoms with Gasteiger partial charge in [0.2, 0.25) is 0 Å². The molecule has 2 atom stereocenters. The number of benzene rings is 1. The van der Waals surface area contributed by atoms with E-state index < -0.39 is 0 Å². The molecule has 0 radical (unpaired) electrons. The van der Waals surface area contributed by atoms with Gasteiger partial charge in [0.05, 0.1) is 12.6 Å². The van der Waals surface area contributed by atoms with Crippen LogP contribution in [0.1, 0.15) is 13.8 Å². The normalized spacial score (nSPS) is 18.3. The van der Waals surface area contributed by atoms with Crippen LogP contribution in [0.25, 0.3) is 0 Å². The summed E-state index contributed by atoms with van der Waals surface area (Å²) in [7, 11) is 0. The van der Waals surface area contributed by atoms with Gasteiger partial charge in [-0.1, -0.05) is 18.2 Å². The van der Waals surface area contributed by atoms with Crippen LogP contribution in [0.4, 0.5) is 10.5 Å². The minimum atomic E-state index is -0.225. The number of rotatable bonds is 6. The molecular formula is C17H28N4O2. The van der Waals surface area contributed by atoms with E-state index >= 15 is 0 Å². The zero-order valence-corrected chi connectivity index (χ0v) is 14.0. The molecule has 2 unspecified atom stereocenters. The first-order valence-electron chi connectivity index (χ1n) is 8.28. The fourth-order valence-corrected chi connectivity index (χ4v) is 2.80. The monoisotopic (exact) mass is 320 g/mol. The Morgan fingerprint density at radius 2 is 1.70 bits per heavy atom. The van der Waals surface area contributed by atoms with Gasteiger partial charge in [0.25, 0.3) is 0 Å². The van der Waals surface area contributed by atoms with E-state index in [1.54, 1.807) is 6.92 Å². The molecule has 1 saturated heterocycles. The van der Waals surface area contributed by atoms with Crippen molar-refractivity contribution in [3.05, 3.63) is 30.3 Å². The van der Waals surface area contributed by atoms with Gasteiger partial charge in [-0.2, -0.15) is 0 Å². The third-order valence-electron chi connectivity index (χ3n) is 4.05. The number of amides is 2. The number of nitrogens with zero attached hydrogens (tertiary/aromatic N) is 2. The van der Waals surface area contributed by atoms with Crippen molar-refractivity contribution in [2.75, 3.05) is 44.2 Å². The Kier molecular flexibility index (Phi) is 6.67. The number of aliphatic hydroxyl groups excluding tert-OH is 1. The zero-order chi connectivity index (χ0) is 16.7. The number of hydrogen-bond acceptors (Lipinski definition) is 4. The lowest BCUT2D eigenvalue weighted by Crippen LogP contribution is -2.53. The topological polar surface area (TPSA) is 67.8 Å². The molecule has 1 heterocycles. The van der Waals surface area contributed by atoms with Crippen LogP contribution >= 0.6 is 0 Å². The molecule has 3 N–H and O–H groups in total. The van der Waals surface area contributed by atoms with Crippen LogP contribution in [0.3, 0.4) is 0 Å². The fourth-order valence-electron chi connectivity index (χ4n) is 2.80. The van der Waals surface area contributed by atoms with Crippen molar-refractivity contribution < 1.29 is 9.90 Å². The second-order valence-electron chi connectivity index (χ2n) is 6.23. The van der Waals surface area contributed by atoms with Crippen molar-refractivity contribution in [1.29, 1.82) is 0 Å². The van der Waals surface area contributed by atoms with E-state index in [9.17, 15) is 4.79 Å². The average molecular weight is 320 g/mol. The molecule has 2 rings (SSSR count). The molecule has 0 aliphatic carbocycles. The van der Waals surface area contributed by atoms with Crippen LogP contribution in [0.2, 0.25) is 0 Å². The minimum absolute atomic E-state index is 0.0523. The minimum Gasteiger partial charge on any atom is -0.394 e. The molecule has 0 aromatic heterocycles. The lowest BCUT2D eigenvalue weighted by Gasteiger charge is -2.37. The van der Waals surface area contributed by atoms with Gasteiger partial charge in [-0.25, -0.2) is 4.79 Å². The van der Waals surface area contributed by atoms with Crippen LogP contribution in [0.15, 0.2) is 30.3 Å². The second kappa shape index (κ2) is 8.74. The van der Waals surface area contributed by atoms with Crippen molar-refractivity contribution >= 4 is 11.7 Å². The van der Waals surface area contributed by atoms with Crippen LogP contribution in [0, 0.1) is 0 Å². The molecule has 0 spiro atoms. The predicted octanol–water partition coefficient (Wildman–Crippen LogP) is 0.877. The lowest BCUT2D eigenvalue weighted by molar-refractivity contribution is 0.207. The Bertz CT molecular complexity index is 475. The predicted molar refractivity (Wildman–Crippen MR) is 92.8 cm³/mol. The summed E-state index contributed by atoms with van der Waals surface area (Å²) in [6.07, 6.45) is 0. The third-order valence-corrected chi connectivity index (χ3v) is 4.05. The van der Waals surface area contributed by atoms with Gasteiger partial charge in [0.15, 0.2) is 0 Å². The van der Waals surface area contributed by atoms with Crippen LogP contribution in [0.5, 0.6) is 0 Å². The van der Waals surface area contributed by atoms with Gasteiger partial charge in [-0.05, 0) is 26.0 Å². The molecule has 0 saturated carbocycles. The Morgan fingerprint density at radius 1 is 1.09 bits per heavy atom. The molecule has 23 heavy (non-hydrogen) atoms.